The highest BCUT2D eigenvalue weighted by molar-refractivity contribution is 9.10. The molecule has 0 saturated heterocycles. The number of anilines is 1. The van der Waals surface area contributed by atoms with Crippen molar-refractivity contribution in [2.24, 2.45) is 0 Å². The van der Waals surface area contributed by atoms with E-state index >= 15 is 0 Å². The lowest BCUT2D eigenvalue weighted by Crippen LogP contribution is -2.25. The summed E-state index contributed by atoms with van der Waals surface area (Å²) in [6.07, 6.45) is 3.24. The second-order valence-electron chi connectivity index (χ2n) is 4.27. The van der Waals surface area contributed by atoms with Crippen molar-refractivity contribution >= 4 is 27.4 Å². The molecule has 1 heterocycles. The van der Waals surface area contributed by atoms with Gasteiger partial charge < -0.3 is 10.1 Å². The normalized spacial score (nSPS) is 12.2. The summed E-state index contributed by atoms with van der Waals surface area (Å²) in [7, 11) is 1.65. The van der Waals surface area contributed by atoms with Gasteiger partial charge >= 0.3 is 0 Å². The molecule has 0 aliphatic carbocycles. The molecule has 0 saturated carbocycles. The third kappa shape index (κ3) is 4.14. The topological polar surface area (TPSA) is 77.3 Å². The first-order valence-corrected chi connectivity index (χ1v) is 6.85. The second-order valence-corrected chi connectivity index (χ2v) is 5.07. The Morgan fingerprint density at radius 2 is 2.32 bits per heavy atom. The molecule has 0 aliphatic heterocycles. The van der Waals surface area contributed by atoms with Crippen LogP contribution in [0, 0.1) is 17.0 Å². The van der Waals surface area contributed by atoms with Gasteiger partial charge in [0.05, 0.1) is 22.0 Å². The van der Waals surface area contributed by atoms with E-state index in [4.69, 9.17) is 4.74 Å². The van der Waals surface area contributed by atoms with Gasteiger partial charge in [0.1, 0.15) is 12.0 Å². The molecule has 0 fully saturated rings. The third-order valence-corrected chi connectivity index (χ3v) is 3.75. The highest BCUT2D eigenvalue weighted by atomic mass is 79.9. The Hall–Kier alpha value is -1.21. The first-order valence-electron chi connectivity index (χ1n) is 6.06. The van der Waals surface area contributed by atoms with E-state index in [0.29, 0.717) is 22.5 Å². The van der Waals surface area contributed by atoms with Gasteiger partial charge in [-0.25, -0.2) is 4.98 Å². The van der Waals surface area contributed by atoms with Crippen LogP contribution < -0.4 is 5.32 Å². The molecule has 19 heavy (non-hydrogen) atoms. The van der Waals surface area contributed by atoms with Crippen LogP contribution in [0.3, 0.4) is 0 Å². The Bertz CT molecular complexity index is 448. The van der Waals surface area contributed by atoms with E-state index in [0.717, 1.165) is 12.8 Å². The predicted molar refractivity (Wildman–Crippen MR) is 77.5 cm³/mol. The quantitative estimate of drug-likeness (QED) is 0.612. The van der Waals surface area contributed by atoms with Crippen LogP contribution in [-0.2, 0) is 4.74 Å². The van der Waals surface area contributed by atoms with Crippen LogP contribution in [0.1, 0.15) is 25.3 Å². The van der Waals surface area contributed by atoms with E-state index in [1.165, 1.54) is 6.20 Å². The van der Waals surface area contributed by atoms with Gasteiger partial charge in [-0.15, -0.1) is 0 Å². The zero-order chi connectivity index (χ0) is 14.4. The number of halogens is 1. The molecule has 1 aromatic heterocycles. The minimum absolute atomic E-state index is 0.0104. The standard InChI is InChI=1S/C12H18BrN3O3/c1-4-5-9(7-19-3)15-12-11(13)8(2)10(6-14-12)16(17)18/h6,9H,4-5,7H2,1-3H3,(H,14,15). The summed E-state index contributed by atoms with van der Waals surface area (Å²) >= 11 is 3.36. The average molecular weight is 332 g/mol. The van der Waals surface area contributed by atoms with Crippen molar-refractivity contribution in [3.05, 3.63) is 26.3 Å². The number of methoxy groups -OCH3 is 1. The van der Waals surface area contributed by atoms with E-state index in [1.807, 2.05) is 0 Å². The summed E-state index contributed by atoms with van der Waals surface area (Å²) in [4.78, 5) is 14.5. The summed E-state index contributed by atoms with van der Waals surface area (Å²) in [6, 6.07) is 0.139. The number of nitrogens with zero attached hydrogens (tertiary/aromatic N) is 2. The third-order valence-electron chi connectivity index (χ3n) is 2.78. The van der Waals surface area contributed by atoms with Crippen LogP contribution in [0.5, 0.6) is 0 Å². The van der Waals surface area contributed by atoms with Crippen molar-refractivity contribution < 1.29 is 9.66 Å². The number of nitrogens with one attached hydrogen (secondary N) is 1. The van der Waals surface area contributed by atoms with Crippen molar-refractivity contribution in [1.82, 2.24) is 4.98 Å². The molecule has 1 rings (SSSR count). The fourth-order valence-corrected chi connectivity index (χ4v) is 2.21. The summed E-state index contributed by atoms with van der Waals surface area (Å²) in [5, 5.41) is 14.1. The molecule has 1 atom stereocenters. The molecule has 1 unspecified atom stereocenters. The Kier molecular flexibility index (Phi) is 6.17. The van der Waals surface area contributed by atoms with Crippen LogP contribution in [-0.4, -0.2) is 29.7 Å². The lowest BCUT2D eigenvalue weighted by molar-refractivity contribution is -0.385. The molecule has 1 aromatic rings. The fraction of sp³-hybridized carbons (Fsp3) is 0.583. The molecule has 1 N–H and O–H groups in total. The molecule has 0 amide bonds. The largest absolute Gasteiger partial charge is 0.383 e. The second kappa shape index (κ2) is 7.40. The maximum atomic E-state index is 10.8. The van der Waals surface area contributed by atoms with Gasteiger partial charge in [0.15, 0.2) is 0 Å². The van der Waals surface area contributed by atoms with Gasteiger partial charge in [0.2, 0.25) is 0 Å². The molecule has 0 aliphatic rings. The summed E-state index contributed by atoms with van der Waals surface area (Å²) < 4.78 is 5.77. The number of hydrogen-bond donors (Lipinski definition) is 1. The summed E-state index contributed by atoms with van der Waals surface area (Å²) in [5.41, 5.74) is 0.575. The van der Waals surface area contributed by atoms with Crippen molar-refractivity contribution in [3.8, 4) is 0 Å². The predicted octanol–water partition coefficient (Wildman–Crippen LogP) is 3.29. The maximum Gasteiger partial charge on any atom is 0.291 e. The van der Waals surface area contributed by atoms with Crippen molar-refractivity contribution in [2.75, 3.05) is 19.0 Å². The van der Waals surface area contributed by atoms with Gasteiger partial charge in [0, 0.05) is 12.7 Å². The van der Waals surface area contributed by atoms with Crippen molar-refractivity contribution in [3.63, 3.8) is 0 Å². The SMILES string of the molecule is CCCC(COC)Nc1ncc([N+](=O)[O-])c(C)c1Br. The van der Waals surface area contributed by atoms with Crippen molar-refractivity contribution in [2.45, 2.75) is 32.7 Å². The van der Waals surface area contributed by atoms with Gasteiger partial charge in [-0.3, -0.25) is 10.1 Å². The molecule has 7 heteroatoms. The highest BCUT2D eigenvalue weighted by Gasteiger charge is 2.18. The zero-order valence-corrected chi connectivity index (χ0v) is 12.9. The van der Waals surface area contributed by atoms with Gasteiger partial charge in [-0.1, -0.05) is 13.3 Å². The Labute approximate surface area is 120 Å². The molecule has 0 spiro atoms. The Morgan fingerprint density at radius 1 is 1.63 bits per heavy atom. The molecular weight excluding hydrogens is 314 g/mol. The lowest BCUT2D eigenvalue weighted by atomic mass is 10.1. The minimum atomic E-state index is -0.435. The summed E-state index contributed by atoms with van der Waals surface area (Å²) in [6.45, 7) is 4.35. The number of hydrogen-bond acceptors (Lipinski definition) is 5. The number of nitro groups is 1. The Morgan fingerprint density at radius 3 is 2.84 bits per heavy atom. The van der Waals surface area contributed by atoms with Gasteiger partial charge in [0.25, 0.3) is 5.69 Å². The van der Waals surface area contributed by atoms with E-state index in [-0.39, 0.29) is 11.7 Å². The lowest BCUT2D eigenvalue weighted by Gasteiger charge is -2.19. The van der Waals surface area contributed by atoms with E-state index in [9.17, 15) is 10.1 Å². The average Bonchev–Trinajstić information content (AvgIpc) is 2.35. The first-order chi connectivity index (χ1) is 9.01. The van der Waals surface area contributed by atoms with Gasteiger partial charge in [-0.05, 0) is 29.3 Å². The first kappa shape index (κ1) is 15.8. The van der Waals surface area contributed by atoms with Crippen LogP contribution in [0.4, 0.5) is 11.5 Å². The Balaban J connectivity index is 2.95. The highest BCUT2D eigenvalue weighted by Crippen LogP contribution is 2.31. The molecule has 6 nitrogen and oxygen atoms in total. The molecular formula is C12H18BrN3O3. The fourth-order valence-electron chi connectivity index (χ4n) is 1.79. The van der Waals surface area contributed by atoms with Crippen LogP contribution in [0.15, 0.2) is 10.7 Å². The van der Waals surface area contributed by atoms with Crippen molar-refractivity contribution in [1.29, 1.82) is 0 Å². The van der Waals surface area contributed by atoms with Crippen LogP contribution >= 0.6 is 15.9 Å². The van der Waals surface area contributed by atoms with Crippen LogP contribution in [0.25, 0.3) is 0 Å². The molecule has 0 aromatic carbocycles. The molecule has 106 valence electrons. The molecule has 0 bridgehead atoms. The van der Waals surface area contributed by atoms with E-state index < -0.39 is 4.92 Å². The number of aromatic nitrogens is 1. The number of ether oxygens (including phenoxy) is 1. The number of pyridine rings is 1. The smallest absolute Gasteiger partial charge is 0.291 e. The van der Waals surface area contributed by atoms with Gasteiger partial charge in [-0.2, -0.15) is 0 Å². The monoisotopic (exact) mass is 331 g/mol. The summed E-state index contributed by atoms with van der Waals surface area (Å²) in [5.74, 6) is 0.610. The van der Waals surface area contributed by atoms with E-state index in [1.54, 1.807) is 14.0 Å². The minimum Gasteiger partial charge on any atom is -0.383 e. The zero-order valence-electron chi connectivity index (χ0n) is 11.3. The van der Waals surface area contributed by atoms with E-state index in [2.05, 4.69) is 33.2 Å². The molecule has 0 radical (unpaired) electrons. The maximum absolute atomic E-state index is 10.8. The van der Waals surface area contributed by atoms with Crippen LogP contribution in [0.2, 0.25) is 0 Å². The number of rotatable bonds is 7.